The Bertz CT molecular complexity index is 676. The van der Waals surface area contributed by atoms with Gasteiger partial charge in [0.25, 0.3) is 5.91 Å². The molecule has 0 heterocycles. The van der Waals surface area contributed by atoms with Crippen LogP contribution in [0.5, 0.6) is 5.75 Å². The Hall–Kier alpha value is -2.88. The molecule has 1 atom stereocenters. The van der Waals surface area contributed by atoms with Crippen LogP contribution < -0.4 is 10.2 Å². The number of rotatable bonds is 6. The molecule has 0 aromatic heterocycles. The zero-order valence-corrected chi connectivity index (χ0v) is 13.3. The number of allylic oxidation sites excluding steroid dienone is 1. The number of carbonyl (C=O) groups is 1. The smallest absolute Gasteiger partial charge is 0.280 e. The molecule has 0 bridgehead atoms. The van der Waals surface area contributed by atoms with Crippen molar-refractivity contribution in [3.63, 3.8) is 0 Å². The van der Waals surface area contributed by atoms with Gasteiger partial charge in [0.1, 0.15) is 5.75 Å². The summed E-state index contributed by atoms with van der Waals surface area (Å²) in [6, 6.07) is 17.4. The maximum Gasteiger partial charge on any atom is 0.280 e. The summed E-state index contributed by atoms with van der Waals surface area (Å²) < 4.78 is 5.55. The molecule has 0 unspecified atom stereocenters. The van der Waals surface area contributed by atoms with Crippen molar-refractivity contribution in [2.75, 3.05) is 0 Å². The van der Waals surface area contributed by atoms with Gasteiger partial charge in [0.2, 0.25) is 0 Å². The van der Waals surface area contributed by atoms with E-state index >= 15 is 0 Å². The highest BCUT2D eigenvalue weighted by Crippen LogP contribution is 2.13. The number of nitrogens with one attached hydrogen (secondary N) is 1. The van der Waals surface area contributed by atoms with Crippen LogP contribution in [-0.2, 0) is 4.79 Å². The SMILES string of the molecule is Cc1ccc(O[C@@H](C)C(=O)N/N=C/C=C/c2ccccc2)cc1. The number of hydrogen-bond donors (Lipinski definition) is 1. The number of aryl methyl sites for hydroxylation is 1. The molecular weight excluding hydrogens is 288 g/mol. The lowest BCUT2D eigenvalue weighted by atomic mass is 10.2. The number of amides is 1. The molecule has 1 N–H and O–H groups in total. The van der Waals surface area contributed by atoms with E-state index in [1.54, 1.807) is 13.0 Å². The Morgan fingerprint density at radius 2 is 1.83 bits per heavy atom. The average Bonchev–Trinajstić information content (AvgIpc) is 2.57. The van der Waals surface area contributed by atoms with Crippen molar-refractivity contribution in [1.29, 1.82) is 0 Å². The molecule has 0 radical (unpaired) electrons. The van der Waals surface area contributed by atoms with Gasteiger partial charge in [-0.05, 0) is 37.6 Å². The fourth-order valence-electron chi connectivity index (χ4n) is 1.83. The maximum atomic E-state index is 11.9. The summed E-state index contributed by atoms with van der Waals surface area (Å²) in [5, 5.41) is 3.87. The topological polar surface area (TPSA) is 50.7 Å². The molecule has 1 amide bonds. The number of carbonyl (C=O) groups excluding carboxylic acids is 1. The first-order valence-electron chi connectivity index (χ1n) is 7.43. The second-order valence-electron chi connectivity index (χ2n) is 5.10. The van der Waals surface area contributed by atoms with E-state index in [9.17, 15) is 4.79 Å². The predicted molar refractivity (Wildman–Crippen MR) is 93.4 cm³/mol. The summed E-state index contributed by atoms with van der Waals surface area (Å²) in [6.07, 6.45) is 4.58. The monoisotopic (exact) mass is 308 g/mol. The predicted octanol–water partition coefficient (Wildman–Crippen LogP) is 3.58. The zero-order valence-electron chi connectivity index (χ0n) is 13.3. The molecule has 0 saturated heterocycles. The van der Waals surface area contributed by atoms with Crippen molar-refractivity contribution in [1.82, 2.24) is 5.43 Å². The molecular formula is C19H20N2O2. The van der Waals surface area contributed by atoms with Gasteiger partial charge in [-0.1, -0.05) is 54.1 Å². The number of hydrogen-bond acceptors (Lipinski definition) is 3. The molecule has 2 aromatic carbocycles. The zero-order chi connectivity index (χ0) is 16.5. The summed E-state index contributed by atoms with van der Waals surface area (Å²) in [6.45, 7) is 3.68. The Labute approximate surface area is 136 Å². The van der Waals surface area contributed by atoms with Gasteiger partial charge in [0, 0.05) is 6.21 Å². The van der Waals surface area contributed by atoms with E-state index in [0.29, 0.717) is 5.75 Å². The van der Waals surface area contributed by atoms with Crippen LogP contribution >= 0.6 is 0 Å². The van der Waals surface area contributed by atoms with E-state index < -0.39 is 6.10 Å². The van der Waals surface area contributed by atoms with Gasteiger partial charge in [0.05, 0.1) is 0 Å². The van der Waals surface area contributed by atoms with Crippen molar-refractivity contribution in [3.8, 4) is 5.75 Å². The fourth-order valence-corrected chi connectivity index (χ4v) is 1.83. The molecule has 23 heavy (non-hydrogen) atoms. The molecule has 0 spiro atoms. The summed E-state index contributed by atoms with van der Waals surface area (Å²) >= 11 is 0. The summed E-state index contributed by atoms with van der Waals surface area (Å²) in [4.78, 5) is 11.9. The fraction of sp³-hybridized carbons (Fsp3) is 0.158. The Morgan fingerprint density at radius 3 is 2.52 bits per heavy atom. The third-order valence-electron chi connectivity index (χ3n) is 3.13. The van der Waals surface area contributed by atoms with Crippen LogP contribution in [0.1, 0.15) is 18.1 Å². The Morgan fingerprint density at radius 1 is 1.13 bits per heavy atom. The van der Waals surface area contributed by atoms with E-state index in [1.807, 2.05) is 67.6 Å². The van der Waals surface area contributed by atoms with Crippen LogP contribution in [0.15, 0.2) is 65.8 Å². The van der Waals surface area contributed by atoms with Gasteiger partial charge < -0.3 is 4.74 Å². The Kier molecular flexibility index (Phi) is 6.12. The molecule has 0 aliphatic rings. The minimum absolute atomic E-state index is 0.296. The molecule has 118 valence electrons. The lowest BCUT2D eigenvalue weighted by molar-refractivity contribution is -0.127. The van der Waals surface area contributed by atoms with E-state index in [2.05, 4.69) is 10.5 Å². The minimum Gasteiger partial charge on any atom is -0.481 e. The molecule has 4 nitrogen and oxygen atoms in total. The molecule has 2 aromatic rings. The number of hydrazone groups is 1. The van der Waals surface area contributed by atoms with Gasteiger partial charge in [0.15, 0.2) is 6.10 Å². The second kappa shape index (κ2) is 8.54. The second-order valence-corrected chi connectivity index (χ2v) is 5.10. The quantitative estimate of drug-likeness (QED) is 0.655. The molecule has 4 heteroatoms. The highest BCUT2D eigenvalue weighted by atomic mass is 16.5. The third kappa shape index (κ3) is 5.79. The van der Waals surface area contributed by atoms with Crippen molar-refractivity contribution in [2.24, 2.45) is 5.10 Å². The van der Waals surface area contributed by atoms with Crippen molar-refractivity contribution < 1.29 is 9.53 Å². The largest absolute Gasteiger partial charge is 0.481 e. The van der Waals surface area contributed by atoms with E-state index in [-0.39, 0.29) is 5.91 Å². The Balaban J connectivity index is 1.78. The van der Waals surface area contributed by atoms with Gasteiger partial charge in [-0.2, -0.15) is 5.10 Å². The van der Waals surface area contributed by atoms with Crippen LogP contribution in [-0.4, -0.2) is 18.2 Å². The number of ether oxygens (including phenoxy) is 1. The number of benzene rings is 2. The molecule has 0 aliphatic heterocycles. The third-order valence-corrected chi connectivity index (χ3v) is 3.13. The first-order chi connectivity index (χ1) is 11.1. The first kappa shape index (κ1) is 16.5. The lowest BCUT2D eigenvalue weighted by Crippen LogP contribution is -2.33. The van der Waals surface area contributed by atoms with Crippen molar-refractivity contribution in [2.45, 2.75) is 20.0 Å². The van der Waals surface area contributed by atoms with Gasteiger partial charge >= 0.3 is 0 Å². The highest BCUT2D eigenvalue weighted by Gasteiger charge is 2.13. The van der Waals surface area contributed by atoms with Gasteiger partial charge in [-0.3, -0.25) is 4.79 Å². The lowest BCUT2D eigenvalue weighted by Gasteiger charge is -2.12. The summed E-state index contributed by atoms with van der Waals surface area (Å²) in [7, 11) is 0. The van der Waals surface area contributed by atoms with E-state index in [1.165, 1.54) is 6.21 Å². The van der Waals surface area contributed by atoms with Crippen LogP contribution in [0.2, 0.25) is 0 Å². The maximum absolute atomic E-state index is 11.9. The van der Waals surface area contributed by atoms with E-state index in [4.69, 9.17) is 4.74 Å². The van der Waals surface area contributed by atoms with Crippen LogP contribution in [0.4, 0.5) is 0 Å². The van der Waals surface area contributed by atoms with E-state index in [0.717, 1.165) is 11.1 Å². The van der Waals surface area contributed by atoms with Gasteiger partial charge in [-0.25, -0.2) is 5.43 Å². The number of nitrogens with zero attached hydrogens (tertiary/aromatic N) is 1. The normalized spacial score (nSPS) is 12.4. The first-order valence-corrected chi connectivity index (χ1v) is 7.43. The average molecular weight is 308 g/mol. The molecule has 2 rings (SSSR count). The minimum atomic E-state index is -0.618. The van der Waals surface area contributed by atoms with Crippen LogP contribution in [0, 0.1) is 6.92 Å². The van der Waals surface area contributed by atoms with Crippen molar-refractivity contribution >= 4 is 18.2 Å². The van der Waals surface area contributed by atoms with Crippen LogP contribution in [0.3, 0.4) is 0 Å². The molecule has 0 aliphatic carbocycles. The molecule has 0 fully saturated rings. The summed E-state index contributed by atoms with van der Waals surface area (Å²) in [5.41, 5.74) is 4.67. The molecule has 0 saturated carbocycles. The standard InChI is InChI=1S/C19H20N2O2/c1-15-10-12-18(13-11-15)23-16(2)19(22)21-20-14-6-9-17-7-4-3-5-8-17/h3-14,16H,1-2H3,(H,21,22)/b9-6+,20-14+/t16-/m0/s1. The van der Waals surface area contributed by atoms with Crippen molar-refractivity contribution in [3.05, 3.63) is 71.8 Å². The van der Waals surface area contributed by atoms with Gasteiger partial charge in [-0.15, -0.1) is 0 Å². The highest BCUT2D eigenvalue weighted by molar-refractivity contribution is 5.83. The van der Waals surface area contributed by atoms with Crippen LogP contribution in [0.25, 0.3) is 6.08 Å². The summed E-state index contributed by atoms with van der Waals surface area (Å²) in [5.74, 6) is 0.362.